The van der Waals surface area contributed by atoms with Crippen LogP contribution in [0.25, 0.3) is 0 Å². The number of ketones is 1. The highest BCUT2D eigenvalue weighted by Gasteiger charge is 2.36. The van der Waals surface area contributed by atoms with Crippen LogP contribution >= 0.6 is 15.9 Å². The number of alkyl halides is 3. The highest BCUT2D eigenvalue weighted by molar-refractivity contribution is 9.10. The fourth-order valence-corrected chi connectivity index (χ4v) is 2.10. The summed E-state index contributed by atoms with van der Waals surface area (Å²) in [6.07, 6.45) is -4.93. The van der Waals surface area contributed by atoms with E-state index in [1.165, 1.54) is 6.07 Å². The van der Waals surface area contributed by atoms with E-state index in [2.05, 4.69) is 15.9 Å². The second kappa shape index (κ2) is 5.55. The molecular weight excluding hydrogens is 359 g/mol. The molecule has 0 amide bonds. The Kier molecular flexibility index (Phi) is 4.13. The van der Waals surface area contributed by atoms with Gasteiger partial charge in [0.25, 0.3) is 0 Å². The molecule has 0 saturated carbocycles. The number of hydrogen-bond donors (Lipinski definition) is 0. The van der Waals surface area contributed by atoms with Gasteiger partial charge in [0.1, 0.15) is 11.6 Å². The van der Waals surface area contributed by atoms with Gasteiger partial charge >= 0.3 is 6.18 Å². The molecule has 21 heavy (non-hydrogen) atoms. The Labute approximate surface area is 124 Å². The maximum Gasteiger partial charge on any atom is 0.419 e. The molecule has 0 saturated heterocycles. The van der Waals surface area contributed by atoms with Gasteiger partial charge in [-0.3, -0.25) is 4.79 Å². The van der Waals surface area contributed by atoms with Gasteiger partial charge in [0.15, 0.2) is 5.78 Å². The van der Waals surface area contributed by atoms with Crippen LogP contribution in [0.2, 0.25) is 0 Å². The number of halogens is 6. The zero-order valence-corrected chi connectivity index (χ0v) is 11.7. The maximum atomic E-state index is 13.9. The van der Waals surface area contributed by atoms with Crippen LogP contribution in [-0.2, 0) is 6.18 Å². The first-order valence-electron chi connectivity index (χ1n) is 5.57. The van der Waals surface area contributed by atoms with Gasteiger partial charge in [0, 0.05) is 4.47 Å². The topological polar surface area (TPSA) is 17.1 Å². The van der Waals surface area contributed by atoms with E-state index in [9.17, 15) is 26.7 Å². The molecule has 1 nitrogen and oxygen atoms in total. The SMILES string of the molecule is O=C(c1cc(Br)ccc1F)c1cccc(C(F)(F)F)c1F. The third-order valence-corrected chi connectivity index (χ3v) is 3.22. The summed E-state index contributed by atoms with van der Waals surface area (Å²) in [5.74, 6) is -3.81. The number of hydrogen-bond acceptors (Lipinski definition) is 1. The van der Waals surface area contributed by atoms with Crippen molar-refractivity contribution >= 4 is 21.7 Å². The summed E-state index contributed by atoms with van der Waals surface area (Å²) in [6.45, 7) is 0. The molecule has 0 atom stereocenters. The molecular formula is C14H6BrF5O. The quantitative estimate of drug-likeness (QED) is 0.542. The van der Waals surface area contributed by atoms with Crippen LogP contribution in [0.3, 0.4) is 0 Å². The lowest BCUT2D eigenvalue weighted by molar-refractivity contribution is -0.140. The van der Waals surface area contributed by atoms with Gasteiger partial charge < -0.3 is 0 Å². The van der Waals surface area contributed by atoms with Crippen LogP contribution in [0, 0.1) is 11.6 Å². The number of carbonyl (C=O) groups excluding carboxylic acids is 1. The van der Waals surface area contributed by atoms with E-state index in [1.54, 1.807) is 0 Å². The first kappa shape index (κ1) is 15.6. The van der Waals surface area contributed by atoms with E-state index < -0.39 is 40.3 Å². The monoisotopic (exact) mass is 364 g/mol. The summed E-state index contributed by atoms with van der Waals surface area (Å²) in [5, 5.41) is 0. The molecule has 2 aromatic rings. The van der Waals surface area contributed by atoms with Crippen molar-refractivity contribution in [3.63, 3.8) is 0 Å². The van der Waals surface area contributed by atoms with E-state index in [0.29, 0.717) is 10.5 Å². The lowest BCUT2D eigenvalue weighted by atomic mass is 10.00. The zero-order valence-electron chi connectivity index (χ0n) is 10.1. The molecule has 0 aromatic heterocycles. The van der Waals surface area contributed by atoms with Gasteiger partial charge in [0.05, 0.1) is 16.7 Å². The van der Waals surface area contributed by atoms with Gasteiger partial charge in [0.2, 0.25) is 0 Å². The van der Waals surface area contributed by atoms with Crippen LogP contribution in [0.1, 0.15) is 21.5 Å². The van der Waals surface area contributed by atoms with Crippen LogP contribution in [-0.4, -0.2) is 5.78 Å². The van der Waals surface area contributed by atoms with Crippen LogP contribution in [0.4, 0.5) is 22.0 Å². The van der Waals surface area contributed by atoms with Crippen molar-refractivity contribution in [1.82, 2.24) is 0 Å². The first-order valence-corrected chi connectivity index (χ1v) is 6.36. The molecule has 0 N–H and O–H groups in total. The van der Waals surface area contributed by atoms with E-state index >= 15 is 0 Å². The van der Waals surface area contributed by atoms with Crippen molar-refractivity contribution in [2.45, 2.75) is 6.18 Å². The second-order valence-electron chi connectivity index (χ2n) is 4.12. The third kappa shape index (κ3) is 3.12. The average molecular weight is 365 g/mol. The molecule has 2 rings (SSSR count). The fraction of sp³-hybridized carbons (Fsp3) is 0.0714. The van der Waals surface area contributed by atoms with Crippen molar-refractivity contribution in [3.8, 4) is 0 Å². The lowest BCUT2D eigenvalue weighted by Gasteiger charge is -2.11. The Balaban J connectivity index is 2.57. The second-order valence-corrected chi connectivity index (χ2v) is 5.03. The van der Waals surface area contributed by atoms with E-state index in [1.807, 2.05) is 0 Å². The lowest BCUT2D eigenvalue weighted by Crippen LogP contribution is -2.13. The van der Waals surface area contributed by atoms with Crippen molar-refractivity contribution in [2.24, 2.45) is 0 Å². The summed E-state index contributed by atoms with van der Waals surface area (Å²) in [6, 6.07) is 5.65. The van der Waals surface area contributed by atoms with Gasteiger partial charge in [-0.05, 0) is 30.3 Å². The molecule has 2 aromatic carbocycles. The smallest absolute Gasteiger partial charge is 0.288 e. The standard InChI is InChI=1S/C14H6BrF5O/c15-7-4-5-11(16)9(6-7)13(21)8-2-1-3-10(12(8)17)14(18,19)20/h1-6H. The molecule has 0 aliphatic carbocycles. The van der Waals surface area contributed by atoms with Crippen LogP contribution < -0.4 is 0 Å². The van der Waals surface area contributed by atoms with Crippen molar-refractivity contribution < 1.29 is 26.7 Å². The Hall–Kier alpha value is -1.76. The molecule has 0 radical (unpaired) electrons. The number of benzene rings is 2. The van der Waals surface area contributed by atoms with E-state index in [4.69, 9.17) is 0 Å². The van der Waals surface area contributed by atoms with Crippen LogP contribution in [0.15, 0.2) is 40.9 Å². The minimum absolute atomic E-state index is 0.347. The maximum absolute atomic E-state index is 13.9. The van der Waals surface area contributed by atoms with Crippen molar-refractivity contribution in [3.05, 3.63) is 69.2 Å². The zero-order chi connectivity index (χ0) is 15.8. The van der Waals surface area contributed by atoms with Gasteiger partial charge in [-0.25, -0.2) is 8.78 Å². The normalized spacial score (nSPS) is 11.5. The minimum atomic E-state index is -4.93. The first-order chi connectivity index (χ1) is 9.71. The Morgan fingerprint density at radius 1 is 1.00 bits per heavy atom. The molecule has 0 bridgehead atoms. The summed E-state index contributed by atoms with van der Waals surface area (Å²) < 4.78 is 65.6. The predicted molar refractivity (Wildman–Crippen MR) is 68.9 cm³/mol. The Morgan fingerprint density at radius 3 is 2.29 bits per heavy atom. The largest absolute Gasteiger partial charge is 0.419 e. The average Bonchev–Trinajstić information content (AvgIpc) is 2.39. The van der Waals surface area contributed by atoms with E-state index in [0.717, 1.165) is 24.3 Å². The fourth-order valence-electron chi connectivity index (χ4n) is 1.74. The van der Waals surface area contributed by atoms with Gasteiger partial charge in [-0.2, -0.15) is 13.2 Å². The minimum Gasteiger partial charge on any atom is -0.288 e. The summed E-state index contributed by atoms with van der Waals surface area (Å²) in [7, 11) is 0. The highest BCUT2D eigenvalue weighted by atomic mass is 79.9. The van der Waals surface area contributed by atoms with Crippen molar-refractivity contribution in [2.75, 3.05) is 0 Å². The van der Waals surface area contributed by atoms with Gasteiger partial charge in [-0.15, -0.1) is 0 Å². The molecule has 0 unspecified atom stereocenters. The Bertz CT molecular complexity index is 709. The number of carbonyl (C=O) groups is 1. The molecule has 110 valence electrons. The van der Waals surface area contributed by atoms with Crippen molar-refractivity contribution in [1.29, 1.82) is 0 Å². The number of rotatable bonds is 2. The summed E-state index contributed by atoms with van der Waals surface area (Å²) >= 11 is 3.01. The Morgan fingerprint density at radius 2 is 1.67 bits per heavy atom. The van der Waals surface area contributed by atoms with Crippen LogP contribution in [0.5, 0.6) is 0 Å². The molecule has 0 heterocycles. The summed E-state index contributed by atoms with van der Waals surface area (Å²) in [4.78, 5) is 12.1. The summed E-state index contributed by atoms with van der Waals surface area (Å²) in [5.41, 5.74) is -2.91. The predicted octanol–water partition coefficient (Wildman–Crippen LogP) is 4.98. The molecule has 7 heteroatoms. The van der Waals surface area contributed by atoms with E-state index in [-0.39, 0.29) is 0 Å². The van der Waals surface area contributed by atoms with Gasteiger partial charge in [-0.1, -0.05) is 22.0 Å². The molecule has 0 aliphatic rings. The third-order valence-electron chi connectivity index (χ3n) is 2.72. The molecule has 0 fully saturated rings. The highest BCUT2D eigenvalue weighted by Crippen LogP contribution is 2.33. The molecule has 0 spiro atoms. The molecule has 0 aliphatic heterocycles.